The molecule has 0 amide bonds. The molecule has 0 saturated heterocycles. The van der Waals surface area contributed by atoms with Crippen LogP contribution in [0.4, 0.5) is 11.5 Å². The smallest absolute Gasteiger partial charge is 0.290 e. The van der Waals surface area contributed by atoms with Crippen LogP contribution < -0.4 is 5.32 Å². The summed E-state index contributed by atoms with van der Waals surface area (Å²) in [6.07, 6.45) is 1.22. The number of phenolic OH excluding ortho intramolecular Hbond substituents is 1. The van der Waals surface area contributed by atoms with E-state index in [0.29, 0.717) is 17.9 Å². The van der Waals surface area contributed by atoms with Gasteiger partial charge in [0.15, 0.2) is 0 Å². The highest BCUT2D eigenvalue weighted by Crippen LogP contribution is 2.20. The van der Waals surface area contributed by atoms with Gasteiger partial charge in [-0.1, -0.05) is 18.2 Å². The summed E-state index contributed by atoms with van der Waals surface area (Å²) < 4.78 is 0. The highest BCUT2D eigenvalue weighted by atomic mass is 16.6. The maximum Gasteiger partial charge on any atom is 0.290 e. The number of aryl methyl sites for hydroxylation is 1. The Hall–Kier alpha value is -2.63. The Bertz CT molecular complexity index is 614. The van der Waals surface area contributed by atoms with Crippen molar-refractivity contribution in [2.45, 2.75) is 13.5 Å². The molecule has 2 N–H and O–H groups in total. The molecule has 1 heterocycles. The van der Waals surface area contributed by atoms with E-state index in [1.165, 1.54) is 6.20 Å². The molecule has 19 heavy (non-hydrogen) atoms. The lowest BCUT2D eigenvalue weighted by molar-refractivity contribution is -0.385. The van der Waals surface area contributed by atoms with Crippen LogP contribution in [-0.2, 0) is 6.54 Å². The lowest BCUT2D eigenvalue weighted by atomic mass is 10.2. The average Bonchev–Trinajstić information content (AvgIpc) is 2.37. The van der Waals surface area contributed by atoms with Crippen LogP contribution in [-0.4, -0.2) is 15.0 Å². The second-order valence-corrected chi connectivity index (χ2v) is 4.10. The molecule has 0 aliphatic rings. The first-order valence-electron chi connectivity index (χ1n) is 5.69. The van der Waals surface area contributed by atoms with Gasteiger partial charge in [-0.15, -0.1) is 0 Å². The van der Waals surface area contributed by atoms with E-state index in [4.69, 9.17) is 0 Å². The van der Waals surface area contributed by atoms with Crippen LogP contribution in [0.2, 0.25) is 0 Å². The fraction of sp³-hybridized carbons (Fsp3) is 0.154. The fourth-order valence-electron chi connectivity index (χ4n) is 1.68. The van der Waals surface area contributed by atoms with Gasteiger partial charge in [0.1, 0.15) is 17.8 Å². The number of nitrogens with zero attached hydrogens (tertiary/aromatic N) is 2. The van der Waals surface area contributed by atoms with Crippen molar-refractivity contribution < 1.29 is 10.0 Å². The van der Waals surface area contributed by atoms with Crippen LogP contribution in [0.5, 0.6) is 5.75 Å². The highest BCUT2D eigenvalue weighted by molar-refractivity contribution is 5.47. The van der Waals surface area contributed by atoms with Crippen molar-refractivity contribution in [3.63, 3.8) is 0 Å². The SMILES string of the molecule is Cc1cc(NCc2ccccc2O)ncc1[N+](=O)[O-]. The molecule has 6 nitrogen and oxygen atoms in total. The minimum absolute atomic E-state index is 0.00638. The molecule has 0 radical (unpaired) electrons. The predicted molar refractivity (Wildman–Crippen MR) is 71.1 cm³/mol. The number of phenols is 1. The van der Waals surface area contributed by atoms with Crippen LogP contribution in [0.3, 0.4) is 0 Å². The molecule has 1 aromatic carbocycles. The number of pyridine rings is 1. The second-order valence-electron chi connectivity index (χ2n) is 4.10. The number of hydrogen-bond acceptors (Lipinski definition) is 5. The summed E-state index contributed by atoms with van der Waals surface area (Å²) in [5.41, 5.74) is 1.27. The second kappa shape index (κ2) is 5.34. The van der Waals surface area contributed by atoms with E-state index in [1.54, 1.807) is 31.2 Å². The summed E-state index contributed by atoms with van der Waals surface area (Å²) in [5, 5.41) is 23.3. The Kier molecular flexibility index (Phi) is 3.61. The zero-order chi connectivity index (χ0) is 13.8. The van der Waals surface area contributed by atoms with Gasteiger partial charge in [0, 0.05) is 17.7 Å². The largest absolute Gasteiger partial charge is 0.508 e. The van der Waals surface area contributed by atoms with Crippen molar-refractivity contribution in [2.24, 2.45) is 0 Å². The van der Waals surface area contributed by atoms with Gasteiger partial charge in [-0.3, -0.25) is 10.1 Å². The van der Waals surface area contributed by atoms with Crippen molar-refractivity contribution in [2.75, 3.05) is 5.32 Å². The van der Waals surface area contributed by atoms with Crippen LogP contribution in [0.1, 0.15) is 11.1 Å². The van der Waals surface area contributed by atoms with Crippen molar-refractivity contribution in [1.82, 2.24) is 4.98 Å². The van der Waals surface area contributed by atoms with Crippen molar-refractivity contribution in [1.29, 1.82) is 0 Å². The minimum atomic E-state index is -0.463. The molecule has 0 aliphatic heterocycles. The van der Waals surface area contributed by atoms with E-state index in [9.17, 15) is 15.2 Å². The molecule has 2 rings (SSSR count). The number of rotatable bonds is 4. The lowest BCUT2D eigenvalue weighted by Gasteiger charge is -2.07. The number of hydrogen-bond donors (Lipinski definition) is 2. The van der Waals surface area contributed by atoms with Gasteiger partial charge in [0.05, 0.1) is 4.92 Å². The maximum atomic E-state index is 10.7. The zero-order valence-electron chi connectivity index (χ0n) is 10.3. The molecule has 0 saturated carbocycles. The summed E-state index contributed by atoms with van der Waals surface area (Å²) in [6, 6.07) is 8.57. The van der Waals surface area contributed by atoms with Gasteiger partial charge in [0.2, 0.25) is 0 Å². The lowest BCUT2D eigenvalue weighted by Crippen LogP contribution is -2.03. The average molecular weight is 259 g/mol. The van der Waals surface area contributed by atoms with Crippen LogP contribution in [0.15, 0.2) is 36.5 Å². The van der Waals surface area contributed by atoms with Crippen molar-refractivity contribution >= 4 is 11.5 Å². The highest BCUT2D eigenvalue weighted by Gasteiger charge is 2.11. The van der Waals surface area contributed by atoms with E-state index in [2.05, 4.69) is 10.3 Å². The Balaban J connectivity index is 2.11. The van der Waals surface area contributed by atoms with Crippen LogP contribution in [0, 0.1) is 17.0 Å². The zero-order valence-corrected chi connectivity index (χ0v) is 10.3. The van der Waals surface area contributed by atoms with Crippen molar-refractivity contribution in [3.05, 3.63) is 57.8 Å². The van der Waals surface area contributed by atoms with Crippen LogP contribution in [0.25, 0.3) is 0 Å². The fourth-order valence-corrected chi connectivity index (χ4v) is 1.68. The van der Waals surface area contributed by atoms with Gasteiger partial charge in [-0.2, -0.15) is 0 Å². The molecule has 6 heteroatoms. The number of nitro groups is 1. The Morgan fingerprint density at radius 3 is 2.79 bits per heavy atom. The summed E-state index contributed by atoms with van der Waals surface area (Å²) in [4.78, 5) is 14.2. The minimum Gasteiger partial charge on any atom is -0.508 e. The number of anilines is 1. The van der Waals surface area contributed by atoms with Crippen molar-refractivity contribution in [3.8, 4) is 5.75 Å². The molecule has 0 bridgehead atoms. The number of benzene rings is 1. The van der Waals surface area contributed by atoms with E-state index in [1.807, 2.05) is 6.07 Å². The van der Waals surface area contributed by atoms with Crippen LogP contribution >= 0.6 is 0 Å². The third kappa shape index (κ3) is 2.98. The van der Waals surface area contributed by atoms with Gasteiger partial charge >= 0.3 is 0 Å². The summed E-state index contributed by atoms with van der Waals surface area (Å²) in [5.74, 6) is 0.736. The summed E-state index contributed by atoms with van der Waals surface area (Å²) in [7, 11) is 0. The number of aromatic nitrogens is 1. The van der Waals surface area contributed by atoms with Gasteiger partial charge in [-0.25, -0.2) is 4.98 Å². The normalized spacial score (nSPS) is 10.2. The monoisotopic (exact) mass is 259 g/mol. The number of aromatic hydroxyl groups is 1. The molecule has 2 aromatic rings. The van der Waals surface area contributed by atoms with Gasteiger partial charge in [-0.05, 0) is 19.1 Å². The first kappa shape index (κ1) is 12.8. The number of nitrogens with one attached hydrogen (secondary N) is 1. The molecule has 0 unspecified atom stereocenters. The molecule has 0 atom stereocenters. The van der Waals surface area contributed by atoms with E-state index < -0.39 is 4.92 Å². The summed E-state index contributed by atoms with van der Waals surface area (Å²) in [6.45, 7) is 2.06. The first-order chi connectivity index (χ1) is 9.08. The van der Waals surface area contributed by atoms with E-state index in [0.717, 1.165) is 5.56 Å². The molecular weight excluding hydrogens is 246 g/mol. The molecule has 1 aromatic heterocycles. The maximum absolute atomic E-state index is 10.7. The Morgan fingerprint density at radius 1 is 1.42 bits per heavy atom. The van der Waals surface area contributed by atoms with E-state index >= 15 is 0 Å². The molecule has 0 fully saturated rings. The first-order valence-corrected chi connectivity index (χ1v) is 5.69. The van der Waals surface area contributed by atoms with Gasteiger partial charge in [0.25, 0.3) is 5.69 Å². The summed E-state index contributed by atoms with van der Waals surface area (Å²) >= 11 is 0. The van der Waals surface area contributed by atoms with E-state index in [-0.39, 0.29) is 11.4 Å². The Labute approximate surface area is 109 Å². The number of para-hydroxylation sites is 1. The quantitative estimate of drug-likeness (QED) is 0.650. The third-order valence-corrected chi connectivity index (χ3v) is 2.73. The Morgan fingerprint density at radius 2 is 2.16 bits per heavy atom. The van der Waals surface area contributed by atoms with Gasteiger partial charge < -0.3 is 10.4 Å². The molecule has 0 aliphatic carbocycles. The topological polar surface area (TPSA) is 88.3 Å². The molecule has 0 spiro atoms. The predicted octanol–water partition coefficient (Wildman–Crippen LogP) is 2.62. The third-order valence-electron chi connectivity index (χ3n) is 2.73. The standard InChI is InChI=1S/C13H13N3O3/c1-9-6-13(15-8-11(9)16(18)19)14-7-10-4-2-3-5-12(10)17/h2-6,8,17H,7H2,1H3,(H,14,15). The molecular formula is C13H13N3O3. The molecule has 98 valence electrons.